The molecule has 0 atom stereocenters. The minimum atomic E-state index is 0.222. The van der Waals surface area contributed by atoms with Crippen LogP contribution in [-0.4, -0.2) is 17.3 Å². The van der Waals surface area contributed by atoms with Gasteiger partial charge in [0, 0.05) is 0 Å². The van der Waals surface area contributed by atoms with Gasteiger partial charge in [0.15, 0.2) is 0 Å². The normalized spacial score (nSPS) is 10.3. The third kappa shape index (κ3) is 2.54. The number of aryl methyl sites for hydroxylation is 1. The summed E-state index contributed by atoms with van der Waals surface area (Å²) in [5.41, 5.74) is 7.27. The lowest BCUT2D eigenvalue weighted by Gasteiger charge is -2.08. The van der Waals surface area contributed by atoms with E-state index in [2.05, 4.69) is 15.5 Å². The summed E-state index contributed by atoms with van der Waals surface area (Å²) in [5.74, 6) is 1.10. The van der Waals surface area contributed by atoms with Crippen LogP contribution in [0.1, 0.15) is 11.5 Å². The Hall–Kier alpha value is -2.08. The van der Waals surface area contributed by atoms with Crippen molar-refractivity contribution in [2.45, 2.75) is 13.5 Å². The summed E-state index contributed by atoms with van der Waals surface area (Å²) in [6.07, 6.45) is 0. The van der Waals surface area contributed by atoms with Gasteiger partial charge in [-0.05, 0) is 24.6 Å². The van der Waals surface area contributed by atoms with Crippen molar-refractivity contribution in [3.63, 3.8) is 0 Å². The number of hydrogen-bond donors (Lipinski definition) is 2. The molecule has 0 aliphatic rings. The van der Waals surface area contributed by atoms with Gasteiger partial charge in [-0.15, -0.1) is 5.10 Å². The number of aromatic nitrogens is 2. The van der Waals surface area contributed by atoms with Crippen LogP contribution in [0.15, 0.2) is 22.6 Å². The lowest BCUT2D eigenvalue weighted by atomic mass is 10.2. The van der Waals surface area contributed by atoms with Crippen molar-refractivity contribution < 1.29 is 9.15 Å². The number of nitrogens with zero attached hydrogens (tertiary/aromatic N) is 2. The van der Waals surface area contributed by atoms with E-state index in [0.29, 0.717) is 17.7 Å². The third-order valence-corrected chi connectivity index (χ3v) is 2.24. The molecule has 0 bridgehead atoms. The summed E-state index contributed by atoms with van der Waals surface area (Å²) in [5, 5.41) is 10.6. The van der Waals surface area contributed by atoms with Crippen LogP contribution in [-0.2, 0) is 6.54 Å². The van der Waals surface area contributed by atoms with Crippen LogP contribution in [0, 0.1) is 6.92 Å². The quantitative estimate of drug-likeness (QED) is 0.835. The highest BCUT2D eigenvalue weighted by atomic mass is 16.5. The van der Waals surface area contributed by atoms with Crippen LogP contribution in [0.3, 0.4) is 0 Å². The fraction of sp³-hybridized carbons (Fsp3) is 0.273. The second-order valence-corrected chi connectivity index (χ2v) is 3.53. The van der Waals surface area contributed by atoms with Gasteiger partial charge in [-0.3, -0.25) is 0 Å². The predicted molar refractivity (Wildman–Crippen MR) is 63.2 cm³/mol. The molecular weight excluding hydrogens is 220 g/mol. The first kappa shape index (κ1) is 11.4. The highest BCUT2D eigenvalue weighted by Crippen LogP contribution is 2.27. The summed E-state index contributed by atoms with van der Waals surface area (Å²) in [4.78, 5) is 0. The van der Waals surface area contributed by atoms with Crippen LogP contribution in [0.2, 0.25) is 0 Å². The first-order valence-electron chi connectivity index (χ1n) is 5.17. The van der Waals surface area contributed by atoms with Gasteiger partial charge in [-0.1, -0.05) is 11.2 Å². The maximum Gasteiger partial charge on any atom is 0.320 e. The molecule has 1 aromatic heterocycles. The predicted octanol–water partition coefficient (Wildman–Crippen LogP) is 1.59. The number of methoxy groups -OCH3 is 1. The lowest BCUT2D eigenvalue weighted by Crippen LogP contribution is -1.95. The number of hydrogen-bond acceptors (Lipinski definition) is 6. The molecule has 1 aromatic carbocycles. The van der Waals surface area contributed by atoms with E-state index in [9.17, 15) is 0 Å². The van der Waals surface area contributed by atoms with Crippen molar-refractivity contribution >= 4 is 11.7 Å². The molecule has 90 valence electrons. The SMILES string of the molecule is COc1ccc(C)cc1Nc1nnc(CN)o1. The Kier molecular flexibility index (Phi) is 3.24. The van der Waals surface area contributed by atoms with Gasteiger partial charge in [-0.2, -0.15) is 0 Å². The van der Waals surface area contributed by atoms with E-state index in [0.717, 1.165) is 11.3 Å². The average molecular weight is 234 g/mol. The zero-order valence-corrected chi connectivity index (χ0v) is 9.73. The van der Waals surface area contributed by atoms with Gasteiger partial charge in [0.2, 0.25) is 5.89 Å². The zero-order chi connectivity index (χ0) is 12.3. The summed E-state index contributed by atoms with van der Waals surface area (Å²) in [6, 6.07) is 6.07. The van der Waals surface area contributed by atoms with Crippen molar-refractivity contribution in [2.24, 2.45) is 5.73 Å². The fourth-order valence-corrected chi connectivity index (χ4v) is 1.42. The molecule has 6 heteroatoms. The molecule has 0 aliphatic carbocycles. The highest BCUT2D eigenvalue weighted by molar-refractivity contribution is 5.62. The Morgan fingerprint density at radius 1 is 1.41 bits per heavy atom. The first-order chi connectivity index (χ1) is 8.22. The Bertz CT molecular complexity index is 510. The number of nitrogens with two attached hydrogens (primary N) is 1. The zero-order valence-electron chi connectivity index (χ0n) is 9.73. The van der Waals surface area contributed by atoms with Crippen LogP contribution < -0.4 is 15.8 Å². The molecule has 17 heavy (non-hydrogen) atoms. The summed E-state index contributed by atoms with van der Waals surface area (Å²) in [6.45, 7) is 2.21. The Labute approximate surface area is 98.8 Å². The standard InChI is InChI=1S/C11H14N4O2/c1-7-3-4-9(16-2)8(5-7)13-11-15-14-10(6-12)17-11/h3-5H,6,12H2,1-2H3,(H,13,15). The molecule has 0 saturated carbocycles. The molecule has 0 aliphatic heterocycles. The number of benzene rings is 1. The number of ether oxygens (including phenoxy) is 1. The monoisotopic (exact) mass is 234 g/mol. The van der Waals surface area contributed by atoms with E-state index in [4.69, 9.17) is 14.9 Å². The average Bonchev–Trinajstić information content (AvgIpc) is 2.77. The Morgan fingerprint density at radius 3 is 2.88 bits per heavy atom. The van der Waals surface area contributed by atoms with Crippen molar-refractivity contribution in [3.8, 4) is 5.75 Å². The van der Waals surface area contributed by atoms with Crippen molar-refractivity contribution in [3.05, 3.63) is 29.7 Å². The van der Waals surface area contributed by atoms with Gasteiger partial charge in [-0.25, -0.2) is 0 Å². The summed E-state index contributed by atoms with van der Waals surface area (Å²) >= 11 is 0. The van der Waals surface area contributed by atoms with E-state index < -0.39 is 0 Å². The maximum absolute atomic E-state index is 5.39. The molecule has 1 heterocycles. The molecule has 0 saturated heterocycles. The Balaban J connectivity index is 2.25. The minimum absolute atomic E-state index is 0.222. The van der Waals surface area contributed by atoms with Crippen molar-refractivity contribution in [1.29, 1.82) is 0 Å². The summed E-state index contributed by atoms with van der Waals surface area (Å²) in [7, 11) is 1.61. The highest BCUT2D eigenvalue weighted by Gasteiger charge is 2.08. The van der Waals surface area contributed by atoms with Gasteiger partial charge in [0.25, 0.3) is 0 Å². The lowest BCUT2D eigenvalue weighted by molar-refractivity contribution is 0.416. The first-order valence-corrected chi connectivity index (χ1v) is 5.17. The molecule has 0 amide bonds. The molecule has 2 rings (SSSR count). The van der Waals surface area contributed by atoms with Crippen molar-refractivity contribution in [1.82, 2.24) is 10.2 Å². The van der Waals surface area contributed by atoms with Crippen LogP contribution in [0.25, 0.3) is 0 Å². The van der Waals surface area contributed by atoms with Crippen molar-refractivity contribution in [2.75, 3.05) is 12.4 Å². The van der Waals surface area contributed by atoms with Gasteiger partial charge < -0.3 is 20.2 Å². The number of anilines is 2. The maximum atomic E-state index is 5.39. The van der Waals surface area contributed by atoms with E-state index in [1.54, 1.807) is 7.11 Å². The van der Waals surface area contributed by atoms with E-state index in [1.807, 2.05) is 25.1 Å². The van der Waals surface area contributed by atoms with Crippen LogP contribution in [0.5, 0.6) is 5.75 Å². The molecule has 6 nitrogen and oxygen atoms in total. The molecule has 2 aromatic rings. The number of rotatable bonds is 4. The molecular formula is C11H14N4O2. The second-order valence-electron chi connectivity index (χ2n) is 3.53. The van der Waals surface area contributed by atoms with E-state index >= 15 is 0 Å². The summed E-state index contributed by atoms with van der Waals surface area (Å²) < 4.78 is 10.5. The molecule has 3 N–H and O–H groups in total. The van der Waals surface area contributed by atoms with Gasteiger partial charge >= 0.3 is 6.01 Å². The van der Waals surface area contributed by atoms with Gasteiger partial charge in [0.05, 0.1) is 19.3 Å². The molecule has 0 fully saturated rings. The van der Waals surface area contributed by atoms with Crippen LogP contribution in [0.4, 0.5) is 11.7 Å². The third-order valence-electron chi connectivity index (χ3n) is 2.24. The topological polar surface area (TPSA) is 86.2 Å². The fourth-order valence-electron chi connectivity index (χ4n) is 1.42. The Morgan fingerprint density at radius 2 is 2.24 bits per heavy atom. The van der Waals surface area contributed by atoms with E-state index in [1.165, 1.54) is 0 Å². The van der Waals surface area contributed by atoms with Crippen LogP contribution >= 0.6 is 0 Å². The van der Waals surface area contributed by atoms with Gasteiger partial charge in [0.1, 0.15) is 5.75 Å². The second kappa shape index (κ2) is 4.84. The molecule has 0 unspecified atom stereocenters. The molecule has 0 radical (unpaired) electrons. The smallest absolute Gasteiger partial charge is 0.320 e. The number of nitrogens with one attached hydrogen (secondary N) is 1. The minimum Gasteiger partial charge on any atom is -0.495 e. The largest absolute Gasteiger partial charge is 0.495 e. The molecule has 0 spiro atoms. The van der Waals surface area contributed by atoms with E-state index in [-0.39, 0.29) is 6.54 Å².